The van der Waals surface area contributed by atoms with Crippen LogP contribution < -0.4 is 5.32 Å². The van der Waals surface area contributed by atoms with Gasteiger partial charge >= 0.3 is 5.97 Å². The van der Waals surface area contributed by atoms with Crippen LogP contribution in [0.3, 0.4) is 0 Å². The van der Waals surface area contributed by atoms with E-state index in [1.165, 1.54) is 47.6 Å². The van der Waals surface area contributed by atoms with Crippen molar-refractivity contribution >= 4 is 27.6 Å². The fraction of sp³-hybridized carbons (Fsp3) is 0.333. The molecule has 2 aromatic carbocycles. The van der Waals surface area contributed by atoms with E-state index in [4.69, 9.17) is 9.47 Å². The first-order valence-electron chi connectivity index (χ1n) is 9.68. The summed E-state index contributed by atoms with van der Waals surface area (Å²) in [5, 5.41) is 12.4. The summed E-state index contributed by atoms with van der Waals surface area (Å²) in [6, 6.07) is 10.3. The van der Waals surface area contributed by atoms with E-state index >= 15 is 0 Å². The summed E-state index contributed by atoms with van der Waals surface area (Å²) < 4.78 is 37.2. The van der Waals surface area contributed by atoms with Gasteiger partial charge in [0.15, 0.2) is 6.10 Å². The summed E-state index contributed by atoms with van der Waals surface area (Å²) in [5.74, 6) is -1.72. The van der Waals surface area contributed by atoms with Crippen molar-refractivity contribution in [2.75, 3.05) is 31.6 Å². The lowest BCUT2D eigenvalue weighted by Gasteiger charge is -2.26. The van der Waals surface area contributed by atoms with Gasteiger partial charge in [-0.05, 0) is 49.7 Å². The number of carbonyl (C=O) groups is 2. The number of amides is 1. The summed E-state index contributed by atoms with van der Waals surface area (Å²) in [6.07, 6.45) is -1.17. The van der Waals surface area contributed by atoms with Gasteiger partial charge in [-0.15, -0.1) is 0 Å². The Morgan fingerprint density at radius 2 is 1.87 bits per heavy atom. The predicted octanol–water partition coefficient (Wildman–Crippen LogP) is 1.91. The van der Waals surface area contributed by atoms with Crippen molar-refractivity contribution in [3.8, 4) is 5.75 Å². The molecule has 1 aliphatic heterocycles. The van der Waals surface area contributed by atoms with E-state index in [1.54, 1.807) is 13.0 Å². The third-order valence-electron chi connectivity index (χ3n) is 4.74. The number of esters is 1. The Bertz CT molecular complexity index is 1080. The maximum Gasteiger partial charge on any atom is 0.342 e. The molecular formula is C21H24N2O7S. The fourth-order valence-electron chi connectivity index (χ4n) is 3.01. The molecule has 1 aliphatic rings. The number of hydrogen-bond acceptors (Lipinski definition) is 7. The molecule has 9 nitrogen and oxygen atoms in total. The zero-order chi connectivity index (χ0) is 22.6. The molecule has 10 heteroatoms. The zero-order valence-electron chi connectivity index (χ0n) is 17.2. The largest absolute Gasteiger partial charge is 0.507 e. The van der Waals surface area contributed by atoms with Gasteiger partial charge in [-0.1, -0.05) is 12.1 Å². The van der Waals surface area contributed by atoms with E-state index in [2.05, 4.69) is 5.32 Å². The number of benzene rings is 2. The van der Waals surface area contributed by atoms with E-state index in [0.717, 1.165) is 5.56 Å². The van der Waals surface area contributed by atoms with Crippen molar-refractivity contribution in [1.82, 2.24) is 4.31 Å². The molecule has 3 rings (SSSR count). The molecule has 1 unspecified atom stereocenters. The molecule has 2 N–H and O–H groups in total. The molecule has 1 heterocycles. The van der Waals surface area contributed by atoms with Crippen LogP contribution in [0.25, 0.3) is 0 Å². The highest BCUT2D eigenvalue weighted by Gasteiger charge is 2.27. The Kier molecular flexibility index (Phi) is 6.94. The Labute approximate surface area is 180 Å². The summed E-state index contributed by atoms with van der Waals surface area (Å²) in [5.41, 5.74) is 0.969. The van der Waals surface area contributed by atoms with Crippen molar-refractivity contribution in [3.63, 3.8) is 0 Å². The number of ether oxygens (including phenoxy) is 2. The van der Waals surface area contributed by atoms with Crippen LogP contribution in [0.1, 0.15) is 22.8 Å². The van der Waals surface area contributed by atoms with Gasteiger partial charge in [0.25, 0.3) is 5.91 Å². The molecule has 166 valence electrons. The first-order chi connectivity index (χ1) is 14.7. The molecule has 0 spiro atoms. The van der Waals surface area contributed by atoms with Gasteiger partial charge in [0.2, 0.25) is 10.0 Å². The molecule has 2 aromatic rings. The number of nitrogens with zero attached hydrogens (tertiary/aromatic N) is 1. The molecule has 1 amide bonds. The molecule has 0 aromatic heterocycles. The lowest BCUT2D eigenvalue weighted by Crippen LogP contribution is -2.40. The normalized spacial score (nSPS) is 15.8. The minimum absolute atomic E-state index is 0.0430. The van der Waals surface area contributed by atoms with Crippen LogP contribution in [0.5, 0.6) is 5.75 Å². The standard InChI is InChI=1S/C21H24N2O7S/c1-14-6-7-18(19(24)12-14)21(26)30-15(2)20(25)22-16-4-3-5-17(13-16)31(27,28)23-8-10-29-11-9-23/h3-7,12-13,15,24H,8-11H2,1-2H3,(H,22,25). The minimum Gasteiger partial charge on any atom is -0.507 e. The number of phenols is 1. The van der Waals surface area contributed by atoms with Gasteiger partial charge in [0.05, 0.1) is 18.1 Å². The lowest BCUT2D eigenvalue weighted by atomic mass is 10.1. The van der Waals surface area contributed by atoms with Crippen LogP contribution >= 0.6 is 0 Å². The van der Waals surface area contributed by atoms with Gasteiger partial charge in [-0.2, -0.15) is 4.31 Å². The van der Waals surface area contributed by atoms with Crippen LogP contribution in [0.2, 0.25) is 0 Å². The molecular weight excluding hydrogens is 424 g/mol. The van der Waals surface area contributed by atoms with Crippen LogP contribution in [-0.4, -0.2) is 62.1 Å². The highest BCUT2D eigenvalue weighted by atomic mass is 32.2. The second-order valence-corrected chi connectivity index (χ2v) is 9.04. The van der Waals surface area contributed by atoms with E-state index in [1.807, 2.05) is 0 Å². The Morgan fingerprint density at radius 1 is 1.16 bits per heavy atom. The molecule has 31 heavy (non-hydrogen) atoms. The average molecular weight is 448 g/mol. The molecule has 1 saturated heterocycles. The molecule has 1 atom stereocenters. The van der Waals surface area contributed by atoms with Crippen LogP contribution in [0.15, 0.2) is 47.4 Å². The van der Waals surface area contributed by atoms with Crippen LogP contribution in [-0.2, 0) is 24.3 Å². The molecule has 0 bridgehead atoms. The van der Waals surface area contributed by atoms with Crippen LogP contribution in [0.4, 0.5) is 5.69 Å². The van der Waals surface area contributed by atoms with Gasteiger partial charge in [0.1, 0.15) is 11.3 Å². The summed E-state index contributed by atoms with van der Waals surface area (Å²) in [6.45, 7) is 4.32. The average Bonchev–Trinajstić information content (AvgIpc) is 2.74. The van der Waals surface area contributed by atoms with Crippen molar-refractivity contribution in [2.45, 2.75) is 24.8 Å². The van der Waals surface area contributed by atoms with Crippen molar-refractivity contribution in [2.24, 2.45) is 0 Å². The van der Waals surface area contributed by atoms with E-state index < -0.39 is 28.0 Å². The second kappa shape index (κ2) is 9.46. The SMILES string of the molecule is Cc1ccc(C(=O)OC(C)C(=O)Nc2cccc(S(=O)(=O)N3CCOCC3)c2)c(O)c1. The maximum atomic E-state index is 12.8. The van der Waals surface area contributed by atoms with E-state index in [0.29, 0.717) is 13.2 Å². The molecule has 1 fully saturated rings. The van der Waals surface area contributed by atoms with Crippen LogP contribution in [0, 0.1) is 6.92 Å². The fourth-order valence-corrected chi connectivity index (χ4v) is 4.46. The van der Waals surface area contributed by atoms with Gasteiger partial charge in [-0.3, -0.25) is 4.79 Å². The number of aryl methyl sites for hydroxylation is 1. The number of rotatable bonds is 6. The third-order valence-corrected chi connectivity index (χ3v) is 6.63. The molecule has 0 aliphatic carbocycles. The summed E-state index contributed by atoms with van der Waals surface area (Å²) in [7, 11) is -3.72. The Hall–Kier alpha value is -2.95. The maximum absolute atomic E-state index is 12.8. The lowest BCUT2D eigenvalue weighted by molar-refractivity contribution is -0.123. The number of hydrogen-bond donors (Lipinski definition) is 2. The zero-order valence-corrected chi connectivity index (χ0v) is 18.0. The molecule has 0 saturated carbocycles. The van der Waals surface area contributed by atoms with Gasteiger partial charge in [-0.25, -0.2) is 13.2 Å². The molecule has 0 radical (unpaired) electrons. The third kappa shape index (κ3) is 5.40. The monoisotopic (exact) mass is 448 g/mol. The van der Waals surface area contributed by atoms with Crippen molar-refractivity contribution in [1.29, 1.82) is 0 Å². The van der Waals surface area contributed by atoms with Gasteiger partial charge in [0, 0.05) is 18.8 Å². The smallest absolute Gasteiger partial charge is 0.342 e. The van der Waals surface area contributed by atoms with E-state index in [-0.39, 0.29) is 35.0 Å². The Morgan fingerprint density at radius 3 is 2.55 bits per heavy atom. The number of morpholine rings is 1. The number of sulfonamides is 1. The van der Waals surface area contributed by atoms with Gasteiger partial charge < -0.3 is 19.9 Å². The number of carbonyl (C=O) groups excluding carboxylic acids is 2. The number of phenolic OH excluding ortho intramolecular Hbond substituents is 1. The topological polar surface area (TPSA) is 122 Å². The van der Waals surface area contributed by atoms with E-state index in [9.17, 15) is 23.1 Å². The first kappa shape index (κ1) is 22.7. The Balaban J connectivity index is 1.67. The van der Waals surface area contributed by atoms with Crippen molar-refractivity contribution in [3.05, 3.63) is 53.6 Å². The second-order valence-electron chi connectivity index (χ2n) is 7.10. The number of nitrogens with one attached hydrogen (secondary N) is 1. The number of anilines is 1. The summed E-state index contributed by atoms with van der Waals surface area (Å²) >= 11 is 0. The highest BCUT2D eigenvalue weighted by Crippen LogP contribution is 2.22. The summed E-state index contributed by atoms with van der Waals surface area (Å²) in [4.78, 5) is 24.7. The minimum atomic E-state index is -3.72. The van der Waals surface area contributed by atoms with Crippen molar-refractivity contribution < 1.29 is 32.6 Å². The quantitative estimate of drug-likeness (QED) is 0.647. The number of aromatic hydroxyl groups is 1. The predicted molar refractivity (Wildman–Crippen MR) is 112 cm³/mol. The highest BCUT2D eigenvalue weighted by molar-refractivity contribution is 7.89. The first-order valence-corrected chi connectivity index (χ1v) is 11.1.